The Morgan fingerprint density at radius 2 is 1.95 bits per heavy atom. The van der Waals surface area contributed by atoms with Crippen molar-refractivity contribution in [1.29, 1.82) is 0 Å². The van der Waals surface area contributed by atoms with Crippen molar-refractivity contribution in [3.8, 4) is 0 Å². The molecule has 0 aliphatic heterocycles. The lowest BCUT2D eigenvalue weighted by Gasteiger charge is -2.21. The highest BCUT2D eigenvalue weighted by molar-refractivity contribution is 6.05. The molecule has 1 amide bonds. The Kier molecular flexibility index (Phi) is 4.72. The van der Waals surface area contributed by atoms with E-state index in [9.17, 15) is 14.9 Å². The summed E-state index contributed by atoms with van der Waals surface area (Å²) in [6.07, 6.45) is 1.01. The maximum atomic E-state index is 12.0. The zero-order chi connectivity index (χ0) is 16.1. The molecule has 0 spiro atoms. The zero-order valence-electron chi connectivity index (χ0n) is 12.4. The predicted octanol–water partition coefficient (Wildman–Crippen LogP) is 2.42. The molecule has 0 saturated heterocycles. The van der Waals surface area contributed by atoms with E-state index < -0.39 is 10.8 Å². The molecule has 2 aromatic rings. The molecule has 22 heavy (non-hydrogen) atoms. The molecule has 0 radical (unpaired) electrons. The van der Waals surface area contributed by atoms with Crippen molar-refractivity contribution in [1.82, 2.24) is 10.2 Å². The predicted molar refractivity (Wildman–Crippen MR) is 83.2 cm³/mol. The smallest absolute Gasteiger partial charge is 0.319 e. The molecule has 1 aromatic heterocycles. The van der Waals surface area contributed by atoms with E-state index in [1.54, 1.807) is 12.1 Å². The Bertz CT molecular complexity index is 661. The van der Waals surface area contributed by atoms with Gasteiger partial charge in [-0.15, -0.1) is 0 Å². The first-order valence-corrected chi connectivity index (χ1v) is 6.91. The van der Waals surface area contributed by atoms with Gasteiger partial charge in [-0.25, -0.2) is 0 Å². The lowest BCUT2D eigenvalue weighted by Crippen LogP contribution is -2.21. The van der Waals surface area contributed by atoms with E-state index in [2.05, 4.69) is 34.3 Å². The summed E-state index contributed by atoms with van der Waals surface area (Å²) >= 11 is 0. The number of hydrogen-bond donors (Lipinski definition) is 2. The third-order valence-corrected chi connectivity index (χ3v) is 3.30. The molecular weight excluding hydrogens is 286 g/mol. The number of aromatic amines is 1. The van der Waals surface area contributed by atoms with Gasteiger partial charge >= 0.3 is 5.69 Å². The number of hydrogen-bond acceptors (Lipinski definition) is 5. The fourth-order valence-corrected chi connectivity index (χ4v) is 2.12. The minimum absolute atomic E-state index is 0.169. The number of carbonyl (C=O) groups is 1. The first-order valence-electron chi connectivity index (χ1n) is 6.91. The van der Waals surface area contributed by atoms with Gasteiger partial charge in [-0.05, 0) is 38.1 Å². The number of rotatable bonds is 6. The normalized spacial score (nSPS) is 10.3. The standard InChI is InChI=1S/C14H17N5O3/c1-3-18(4-2)11-7-5-10(6-8-11)16-14(20)13-12(19(21)22)9-15-17-13/h5-9H,3-4H2,1-2H3,(H,15,17)(H,16,20). The molecule has 0 aliphatic carbocycles. The third-order valence-electron chi connectivity index (χ3n) is 3.30. The summed E-state index contributed by atoms with van der Waals surface area (Å²) in [5.74, 6) is -0.597. The number of nitro groups is 1. The van der Waals surface area contributed by atoms with Crippen molar-refractivity contribution in [3.63, 3.8) is 0 Å². The number of nitrogens with zero attached hydrogens (tertiary/aromatic N) is 3. The van der Waals surface area contributed by atoms with Crippen LogP contribution in [0.1, 0.15) is 24.3 Å². The molecule has 0 aliphatic rings. The number of amides is 1. The van der Waals surface area contributed by atoms with E-state index >= 15 is 0 Å². The van der Waals surface area contributed by atoms with Crippen molar-refractivity contribution in [2.45, 2.75) is 13.8 Å². The van der Waals surface area contributed by atoms with Gasteiger partial charge in [-0.1, -0.05) is 0 Å². The van der Waals surface area contributed by atoms with Crippen molar-refractivity contribution in [3.05, 3.63) is 46.3 Å². The Balaban J connectivity index is 2.12. The number of H-pyrrole nitrogens is 1. The van der Waals surface area contributed by atoms with Gasteiger partial charge in [0.1, 0.15) is 6.20 Å². The van der Waals surface area contributed by atoms with Crippen molar-refractivity contribution >= 4 is 23.0 Å². The number of anilines is 2. The number of aromatic nitrogens is 2. The average Bonchev–Trinajstić information content (AvgIpc) is 3.00. The van der Waals surface area contributed by atoms with E-state index in [1.807, 2.05) is 12.1 Å². The summed E-state index contributed by atoms with van der Waals surface area (Å²) < 4.78 is 0. The fraction of sp³-hybridized carbons (Fsp3) is 0.286. The van der Waals surface area contributed by atoms with Crippen LogP contribution in [0.15, 0.2) is 30.5 Å². The van der Waals surface area contributed by atoms with Crippen LogP contribution in [0, 0.1) is 10.1 Å². The zero-order valence-corrected chi connectivity index (χ0v) is 12.4. The quantitative estimate of drug-likeness (QED) is 0.630. The van der Waals surface area contributed by atoms with E-state index in [0.717, 1.165) is 25.0 Å². The average molecular weight is 303 g/mol. The van der Waals surface area contributed by atoms with Crippen LogP contribution in [0.4, 0.5) is 17.1 Å². The maximum absolute atomic E-state index is 12.0. The van der Waals surface area contributed by atoms with Crippen molar-refractivity contribution < 1.29 is 9.72 Å². The summed E-state index contributed by atoms with van der Waals surface area (Å²) in [7, 11) is 0. The summed E-state index contributed by atoms with van der Waals surface area (Å²) in [6, 6.07) is 7.30. The summed E-state index contributed by atoms with van der Waals surface area (Å²) in [5, 5.41) is 19.3. The van der Waals surface area contributed by atoms with Gasteiger partial charge in [0, 0.05) is 24.5 Å². The molecule has 0 bridgehead atoms. The van der Waals surface area contributed by atoms with Crippen LogP contribution in [0.3, 0.4) is 0 Å². The third kappa shape index (κ3) is 3.22. The minimum atomic E-state index is -0.651. The largest absolute Gasteiger partial charge is 0.372 e. The molecular formula is C14H17N5O3. The molecule has 1 aromatic carbocycles. The lowest BCUT2D eigenvalue weighted by atomic mass is 10.2. The first kappa shape index (κ1) is 15.5. The van der Waals surface area contributed by atoms with Gasteiger partial charge in [-0.2, -0.15) is 5.10 Å². The summed E-state index contributed by atoms with van der Waals surface area (Å²) in [5.41, 5.74) is 1.09. The van der Waals surface area contributed by atoms with Gasteiger partial charge in [0.05, 0.1) is 4.92 Å². The van der Waals surface area contributed by atoms with Crippen LogP contribution < -0.4 is 10.2 Å². The maximum Gasteiger partial charge on any atom is 0.319 e. The van der Waals surface area contributed by atoms with Crippen LogP contribution in [-0.2, 0) is 0 Å². The van der Waals surface area contributed by atoms with E-state index in [1.165, 1.54) is 0 Å². The lowest BCUT2D eigenvalue weighted by molar-refractivity contribution is -0.385. The minimum Gasteiger partial charge on any atom is -0.372 e. The highest BCUT2D eigenvalue weighted by Crippen LogP contribution is 2.20. The molecule has 1 heterocycles. The van der Waals surface area contributed by atoms with Gasteiger partial charge in [0.25, 0.3) is 5.91 Å². The van der Waals surface area contributed by atoms with E-state index in [-0.39, 0.29) is 11.4 Å². The highest BCUT2D eigenvalue weighted by atomic mass is 16.6. The Morgan fingerprint density at radius 3 is 2.50 bits per heavy atom. The van der Waals surface area contributed by atoms with Crippen molar-refractivity contribution in [2.24, 2.45) is 0 Å². The second kappa shape index (κ2) is 6.70. The van der Waals surface area contributed by atoms with Crippen LogP contribution in [-0.4, -0.2) is 34.1 Å². The van der Waals surface area contributed by atoms with Gasteiger partial charge in [0.15, 0.2) is 0 Å². The molecule has 0 unspecified atom stereocenters. The van der Waals surface area contributed by atoms with Crippen LogP contribution >= 0.6 is 0 Å². The molecule has 0 saturated carbocycles. The molecule has 116 valence electrons. The molecule has 8 nitrogen and oxygen atoms in total. The second-order valence-corrected chi connectivity index (χ2v) is 4.56. The van der Waals surface area contributed by atoms with Gasteiger partial charge in [0.2, 0.25) is 5.69 Å². The Morgan fingerprint density at radius 1 is 1.32 bits per heavy atom. The highest BCUT2D eigenvalue weighted by Gasteiger charge is 2.22. The topological polar surface area (TPSA) is 104 Å². The van der Waals surface area contributed by atoms with Crippen LogP contribution in [0.5, 0.6) is 0 Å². The molecule has 0 atom stereocenters. The Hall–Kier alpha value is -2.90. The number of nitrogens with one attached hydrogen (secondary N) is 2. The SMILES string of the molecule is CCN(CC)c1ccc(NC(=O)c2[nH]ncc2[N+](=O)[O-])cc1. The van der Waals surface area contributed by atoms with Crippen molar-refractivity contribution in [2.75, 3.05) is 23.3 Å². The fourth-order valence-electron chi connectivity index (χ4n) is 2.12. The van der Waals surface area contributed by atoms with Crippen LogP contribution in [0.2, 0.25) is 0 Å². The van der Waals surface area contributed by atoms with Gasteiger partial charge in [-0.3, -0.25) is 20.0 Å². The van der Waals surface area contributed by atoms with E-state index in [4.69, 9.17) is 0 Å². The van der Waals surface area contributed by atoms with Gasteiger partial charge < -0.3 is 10.2 Å². The molecule has 0 fully saturated rings. The van der Waals surface area contributed by atoms with E-state index in [0.29, 0.717) is 5.69 Å². The number of carbonyl (C=O) groups excluding carboxylic acids is 1. The first-order chi connectivity index (χ1) is 10.6. The molecule has 2 N–H and O–H groups in total. The monoisotopic (exact) mass is 303 g/mol. The summed E-state index contributed by atoms with van der Waals surface area (Å²) in [4.78, 5) is 24.3. The number of benzene rings is 1. The van der Waals surface area contributed by atoms with Crippen LogP contribution in [0.25, 0.3) is 0 Å². The molecule has 2 rings (SSSR count). The Labute approximate surface area is 127 Å². The second-order valence-electron chi connectivity index (χ2n) is 4.56. The molecule has 8 heteroatoms. The summed E-state index contributed by atoms with van der Waals surface area (Å²) in [6.45, 7) is 5.91.